The van der Waals surface area contributed by atoms with Gasteiger partial charge in [-0.2, -0.15) is 0 Å². The van der Waals surface area contributed by atoms with E-state index < -0.39 is 6.43 Å². The fourth-order valence-corrected chi connectivity index (χ4v) is 3.86. The second-order valence-corrected chi connectivity index (χ2v) is 7.09. The number of halogens is 3. The second kappa shape index (κ2) is 7.31. The number of aromatic nitrogens is 2. The number of likely N-dealkylation sites (tertiary alicyclic amines) is 1. The molecule has 3 aromatic rings. The molecule has 1 fully saturated rings. The summed E-state index contributed by atoms with van der Waals surface area (Å²) in [6.07, 6.45) is -0.813. The molecule has 1 aromatic carbocycles. The van der Waals surface area contributed by atoms with Crippen LogP contribution in [0.3, 0.4) is 0 Å². The molecule has 0 spiro atoms. The zero-order valence-corrected chi connectivity index (χ0v) is 15.0. The summed E-state index contributed by atoms with van der Waals surface area (Å²) in [4.78, 5) is 6.68. The predicted molar refractivity (Wildman–Crippen MR) is 95.2 cm³/mol. The number of aryl methyl sites for hydroxylation is 1. The fourth-order valence-electron chi connectivity index (χ4n) is 3.86. The lowest BCUT2D eigenvalue weighted by atomic mass is 9.92. The van der Waals surface area contributed by atoms with Crippen LogP contribution in [0.5, 0.6) is 0 Å². The minimum absolute atomic E-state index is 0.0274. The van der Waals surface area contributed by atoms with Crippen LogP contribution in [-0.2, 0) is 6.54 Å². The van der Waals surface area contributed by atoms with Crippen molar-refractivity contribution in [2.45, 2.75) is 38.7 Å². The Balaban J connectivity index is 1.59. The minimum atomic E-state index is -2.61. The van der Waals surface area contributed by atoms with Gasteiger partial charge in [-0.05, 0) is 50.1 Å². The highest BCUT2D eigenvalue weighted by Gasteiger charge is 2.26. The van der Waals surface area contributed by atoms with Gasteiger partial charge in [-0.3, -0.25) is 4.90 Å². The van der Waals surface area contributed by atoms with Gasteiger partial charge in [0.15, 0.2) is 0 Å². The minimum Gasteiger partial charge on any atom is -0.336 e. The van der Waals surface area contributed by atoms with Crippen LogP contribution in [0.1, 0.15) is 47.7 Å². The first kappa shape index (κ1) is 18.0. The quantitative estimate of drug-likeness (QED) is 0.644. The summed E-state index contributed by atoms with van der Waals surface area (Å²) in [6.45, 7) is 3.84. The normalized spacial score (nSPS) is 18.5. The molecule has 0 bridgehead atoms. The molecule has 4 rings (SSSR count). The number of rotatable bonds is 4. The average Bonchev–Trinajstić information content (AvgIpc) is 3.02. The third-order valence-electron chi connectivity index (χ3n) is 5.12. The van der Waals surface area contributed by atoms with Gasteiger partial charge in [0.25, 0.3) is 12.1 Å². The van der Waals surface area contributed by atoms with Crippen molar-refractivity contribution in [1.29, 1.82) is 0 Å². The monoisotopic (exact) mass is 375 g/mol. The van der Waals surface area contributed by atoms with Crippen LogP contribution in [0, 0.1) is 12.7 Å². The SMILES string of the molecule is Cc1noc2nc(C3CCCN(Cc4cccc(F)c4)C3)cc(C(F)F)c12. The molecule has 7 heteroatoms. The van der Waals surface area contributed by atoms with Gasteiger partial charge < -0.3 is 4.52 Å². The van der Waals surface area contributed by atoms with Gasteiger partial charge in [-0.25, -0.2) is 18.2 Å². The largest absolute Gasteiger partial charge is 0.336 e. The van der Waals surface area contributed by atoms with Crippen molar-refractivity contribution in [2.24, 2.45) is 0 Å². The first-order chi connectivity index (χ1) is 13.0. The Morgan fingerprint density at radius 3 is 2.93 bits per heavy atom. The molecule has 2 aromatic heterocycles. The van der Waals surface area contributed by atoms with E-state index in [1.165, 1.54) is 18.2 Å². The van der Waals surface area contributed by atoms with E-state index in [9.17, 15) is 13.2 Å². The topological polar surface area (TPSA) is 42.2 Å². The number of nitrogens with zero attached hydrogens (tertiary/aromatic N) is 3. The summed E-state index contributed by atoms with van der Waals surface area (Å²) in [5, 5.41) is 4.09. The molecule has 1 aliphatic rings. The average molecular weight is 375 g/mol. The maximum Gasteiger partial charge on any atom is 0.264 e. The van der Waals surface area contributed by atoms with Crippen LogP contribution < -0.4 is 0 Å². The predicted octanol–water partition coefficient (Wildman–Crippen LogP) is 4.99. The first-order valence-corrected chi connectivity index (χ1v) is 9.03. The number of benzene rings is 1. The van der Waals surface area contributed by atoms with Crippen LogP contribution in [-0.4, -0.2) is 28.1 Å². The molecule has 0 radical (unpaired) electrons. The molecular weight excluding hydrogens is 355 g/mol. The number of pyridine rings is 1. The summed E-state index contributed by atoms with van der Waals surface area (Å²) < 4.78 is 45.7. The molecule has 142 valence electrons. The molecule has 0 N–H and O–H groups in total. The van der Waals surface area contributed by atoms with E-state index in [1.54, 1.807) is 13.0 Å². The second-order valence-electron chi connectivity index (χ2n) is 7.09. The van der Waals surface area contributed by atoms with Gasteiger partial charge in [0.1, 0.15) is 5.82 Å². The van der Waals surface area contributed by atoms with E-state index in [0.29, 0.717) is 29.9 Å². The third kappa shape index (κ3) is 3.69. The highest BCUT2D eigenvalue weighted by molar-refractivity contribution is 5.80. The molecule has 0 saturated carbocycles. The Hall–Kier alpha value is -2.41. The molecule has 4 nitrogen and oxygen atoms in total. The molecule has 3 heterocycles. The highest BCUT2D eigenvalue weighted by atomic mass is 19.3. The number of hydrogen-bond acceptors (Lipinski definition) is 4. The Bertz CT molecular complexity index is 957. The number of hydrogen-bond donors (Lipinski definition) is 0. The van der Waals surface area contributed by atoms with Crippen LogP contribution in [0.2, 0.25) is 0 Å². The van der Waals surface area contributed by atoms with Crippen molar-refractivity contribution in [3.8, 4) is 0 Å². The van der Waals surface area contributed by atoms with Gasteiger partial charge in [0.05, 0.1) is 11.1 Å². The number of alkyl halides is 2. The molecule has 1 atom stereocenters. The lowest BCUT2D eigenvalue weighted by Gasteiger charge is -2.32. The summed E-state index contributed by atoms with van der Waals surface area (Å²) in [5.74, 6) is -0.227. The summed E-state index contributed by atoms with van der Waals surface area (Å²) in [6, 6.07) is 8.03. The van der Waals surface area contributed by atoms with Crippen LogP contribution in [0.4, 0.5) is 13.2 Å². The van der Waals surface area contributed by atoms with Crippen molar-refractivity contribution in [1.82, 2.24) is 15.0 Å². The van der Waals surface area contributed by atoms with E-state index in [2.05, 4.69) is 15.0 Å². The van der Waals surface area contributed by atoms with Gasteiger partial charge in [-0.15, -0.1) is 0 Å². The van der Waals surface area contributed by atoms with Gasteiger partial charge in [0, 0.05) is 30.3 Å². The Morgan fingerprint density at radius 2 is 2.15 bits per heavy atom. The van der Waals surface area contributed by atoms with E-state index >= 15 is 0 Å². The summed E-state index contributed by atoms with van der Waals surface area (Å²) >= 11 is 0. The lowest BCUT2D eigenvalue weighted by molar-refractivity contribution is 0.152. The maximum atomic E-state index is 13.6. The molecule has 0 aliphatic carbocycles. The van der Waals surface area contributed by atoms with Crippen LogP contribution in [0.15, 0.2) is 34.9 Å². The van der Waals surface area contributed by atoms with Crippen molar-refractivity contribution < 1.29 is 17.7 Å². The number of piperidine rings is 1. The van der Waals surface area contributed by atoms with Gasteiger partial charge >= 0.3 is 0 Å². The standard InChI is InChI=1S/C20H20F3N3O/c1-12-18-16(19(22)23)9-17(24-20(18)27-25-12)14-5-3-7-26(11-14)10-13-4-2-6-15(21)8-13/h2,4,6,8-9,14,19H,3,5,7,10-11H2,1H3. The first-order valence-electron chi connectivity index (χ1n) is 9.03. The molecule has 1 saturated heterocycles. The van der Waals surface area contributed by atoms with Crippen molar-refractivity contribution in [2.75, 3.05) is 13.1 Å². The van der Waals surface area contributed by atoms with Gasteiger partial charge in [0.2, 0.25) is 0 Å². The maximum absolute atomic E-state index is 13.6. The zero-order chi connectivity index (χ0) is 19.0. The fraction of sp³-hybridized carbons (Fsp3) is 0.400. The van der Waals surface area contributed by atoms with Crippen LogP contribution in [0.25, 0.3) is 11.1 Å². The molecule has 1 unspecified atom stereocenters. The van der Waals surface area contributed by atoms with Crippen molar-refractivity contribution in [3.05, 3.63) is 58.7 Å². The van der Waals surface area contributed by atoms with Gasteiger partial charge in [-0.1, -0.05) is 17.3 Å². The smallest absolute Gasteiger partial charge is 0.264 e. The molecule has 0 amide bonds. The van der Waals surface area contributed by atoms with E-state index in [0.717, 1.165) is 24.9 Å². The van der Waals surface area contributed by atoms with E-state index in [1.807, 2.05) is 6.07 Å². The third-order valence-corrected chi connectivity index (χ3v) is 5.12. The molecular formula is C20H20F3N3O. The summed E-state index contributed by atoms with van der Waals surface area (Å²) in [5.41, 5.74) is 2.03. The Kier molecular flexibility index (Phi) is 4.86. The summed E-state index contributed by atoms with van der Waals surface area (Å²) in [7, 11) is 0. The zero-order valence-electron chi connectivity index (χ0n) is 15.0. The molecule has 27 heavy (non-hydrogen) atoms. The Morgan fingerprint density at radius 1 is 1.30 bits per heavy atom. The Labute approximate surface area is 155 Å². The van der Waals surface area contributed by atoms with E-state index in [4.69, 9.17) is 4.52 Å². The molecule has 1 aliphatic heterocycles. The van der Waals surface area contributed by atoms with Crippen LogP contribution >= 0.6 is 0 Å². The van der Waals surface area contributed by atoms with E-state index in [-0.39, 0.29) is 23.0 Å². The van der Waals surface area contributed by atoms with Crippen molar-refractivity contribution >= 4 is 11.1 Å². The van der Waals surface area contributed by atoms with Crippen molar-refractivity contribution in [3.63, 3.8) is 0 Å². The number of fused-ring (bicyclic) bond motifs is 1. The lowest BCUT2D eigenvalue weighted by Crippen LogP contribution is -2.34. The highest BCUT2D eigenvalue weighted by Crippen LogP contribution is 2.34.